The highest BCUT2D eigenvalue weighted by molar-refractivity contribution is 5.78. The fraction of sp³-hybridized carbons (Fsp3) is 0.533. The first kappa shape index (κ1) is 14.5. The van der Waals surface area contributed by atoms with Crippen molar-refractivity contribution < 1.29 is 24.1 Å². The average molecular weight is 280 g/mol. The summed E-state index contributed by atoms with van der Waals surface area (Å²) in [7, 11) is 3.10. The van der Waals surface area contributed by atoms with E-state index in [4.69, 9.17) is 14.2 Å². The van der Waals surface area contributed by atoms with Crippen LogP contribution in [0.1, 0.15) is 32.1 Å². The number of carbonyl (C=O) groups is 1. The summed E-state index contributed by atoms with van der Waals surface area (Å²) in [5.41, 5.74) is -1.13. The van der Waals surface area contributed by atoms with Crippen molar-refractivity contribution in [3.63, 3.8) is 0 Å². The number of benzene rings is 1. The molecule has 2 rings (SSSR count). The molecule has 0 bridgehead atoms. The molecule has 0 saturated heterocycles. The van der Waals surface area contributed by atoms with Gasteiger partial charge in [0.15, 0.2) is 0 Å². The maximum Gasteiger partial charge on any atom is 0.348 e. The molecule has 1 fully saturated rings. The Balaban J connectivity index is 2.28. The molecule has 5 nitrogen and oxygen atoms in total. The van der Waals surface area contributed by atoms with Crippen LogP contribution in [0.3, 0.4) is 0 Å². The second kappa shape index (κ2) is 6.03. The molecule has 1 aromatic rings. The number of carboxylic acids is 1. The number of rotatable bonds is 5. The van der Waals surface area contributed by atoms with Gasteiger partial charge < -0.3 is 19.3 Å². The largest absolute Gasteiger partial charge is 0.496 e. The molecule has 0 unspecified atom stereocenters. The van der Waals surface area contributed by atoms with Crippen molar-refractivity contribution in [2.45, 2.75) is 37.7 Å². The molecule has 1 N–H and O–H groups in total. The first-order valence-corrected chi connectivity index (χ1v) is 6.75. The van der Waals surface area contributed by atoms with E-state index in [0.29, 0.717) is 30.1 Å². The predicted octanol–water partition coefficient (Wildman–Crippen LogP) is 2.87. The van der Waals surface area contributed by atoms with Gasteiger partial charge in [-0.25, -0.2) is 4.79 Å². The highest BCUT2D eigenvalue weighted by Gasteiger charge is 2.42. The van der Waals surface area contributed by atoms with Crippen molar-refractivity contribution >= 4 is 5.97 Å². The molecular weight excluding hydrogens is 260 g/mol. The molecule has 0 amide bonds. The average Bonchev–Trinajstić information content (AvgIpc) is 2.47. The Labute approximate surface area is 118 Å². The third-order valence-electron chi connectivity index (χ3n) is 3.69. The molecule has 1 saturated carbocycles. The van der Waals surface area contributed by atoms with E-state index in [0.717, 1.165) is 19.3 Å². The minimum atomic E-state index is -1.13. The van der Waals surface area contributed by atoms with Gasteiger partial charge in [-0.1, -0.05) is 6.42 Å². The number of hydrogen-bond acceptors (Lipinski definition) is 4. The number of ether oxygens (including phenoxy) is 3. The van der Waals surface area contributed by atoms with Gasteiger partial charge in [-0.3, -0.25) is 0 Å². The number of aliphatic carboxylic acids is 1. The third-order valence-corrected chi connectivity index (χ3v) is 3.69. The monoisotopic (exact) mass is 280 g/mol. The van der Waals surface area contributed by atoms with E-state index >= 15 is 0 Å². The predicted molar refractivity (Wildman–Crippen MR) is 73.6 cm³/mol. The maximum atomic E-state index is 11.6. The highest BCUT2D eigenvalue weighted by Crippen LogP contribution is 2.36. The molecule has 1 aliphatic carbocycles. The van der Waals surface area contributed by atoms with Crippen LogP contribution >= 0.6 is 0 Å². The van der Waals surface area contributed by atoms with Gasteiger partial charge in [0.1, 0.15) is 17.2 Å². The van der Waals surface area contributed by atoms with Crippen LogP contribution in [0.25, 0.3) is 0 Å². The van der Waals surface area contributed by atoms with Crippen molar-refractivity contribution in [1.29, 1.82) is 0 Å². The zero-order valence-corrected chi connectivity index (χ0v) is 11.8. The molecule has 0 heterocycles. The lowest BCUT2D eigenvalue weighted by atomic mass is 9.84. The van der Waals surface area contributed by atoms with Gasteiger partial charge >= 0.3 is 5.97 Å². The minimum Gasteiger partial charge on any atom is -0.496 e. The van der Waals surface area contributed by atoms with Crippen molar-refractivity contribution in [2.75, 3.05) is 14.2 Å². The topological polar surface area (TPSA) is 65.0 Å². The van der Waals surface area contributed by atoms with Crippen molar-refractivity contribution in [3.05, 3.63) is 18.2 Å². The summed E-state index contributed by atoms with van der Waals surface area (Å²) in [5.74, 6) is 0.718. The smallest absolute Gasteiger partial charge is 0.348 e. The van der Waals surface area contributed by atoms with Crippen molar-refractivity contribution in [3.8, 4) is 17.2 Å². The Hall–Kier alpha value is -1.91. The Morgan fingerprint density at radius 2 is 1.50 bits per heavy atom. The van der Waals surface area contributed by atoms with Crippen LogP contribution in [-0.4, -0.2) is 30.9 Å². The van der Waals surface area contributed by atoms with Crippen LogP contribution in [0.5, 0.6) is 17.2 Å². The summed E-state index contributed by atoms with van der Waals surface area (Å²) >= 11 is 0. The Morgan fingerprint density at radius 1 is 1.00 bits per heavy atom. The molecule has 0 aliphatic heterocycles. The fourth-order valence-electron chi connectivity index (χ4n) is 2.55. The molecule has 0 radical (unpaired) electrons. The second-order valence-corrected chi connectivity index (χ2v) is 5.01. The number of hydrogen-bond donors (Lipinski definition) is 1. The zero-order chi connectivity index (χ0) is 14.6. The minimum absolute atomic E-state index is 0.463. The Bertz CT molecular complexity index is 455. The summed E-state index contributed by atoms with van der Waals surface area (Å²) in [5, 5.41) is 9.52. The van der Waals surface area contributed by atoms with Crippen LogP contribution in [0, 0.1) is 0 Å². The van der Waals surface area contributed by atoms with Crippen LogP contribution < -0.4 is 14.2 Å². The molecule has 20 heavy (non-hydrogen) atoms. The van der Waals surface area contributed by atoms with Crippen molar-refractivity contribution in [2.24, 2.45) is 0 Å². The third kappa shape index (κ3) is 2.98. The highest BCUT2D eigenvalue weighted by atomic mass is 16.5. The lowest BCUT2D eigenvalue weighted by Crippen LogP contribution is -2.46. The van der Waals surface area contributed by atoms with E-state index in [1.54, 1.807) is 32.4 Å². The van der Waals surface area contributed by atoms with E-state index in [2.05, 4.69) is 0 Å². The quantitative estimate of drug-likeness (QED) is 0.898. The Kier molecular flexibility index (Phi) is 4.37. The van der Waals surface area contributed by atoms with Gasteiger partial charge in [0, 0.05) is 18.2 Å². The molecule has 110 valence electrons. The summed E-state index contributed by atoms with van der Waals surface area (Å²) in [6.45, 7) is 0. The van der Waals surface area contributed by atoms with Gasteiger partial charge in [-0.2, -0.15) is 0 Å². The lowest BCUT2D eigenvalue weighted by Gasteiger charge is -2.33. The molecule has 1 aromatic carbocycles. The molecule has 1 aliphatic rings. The van der Waals surface area contributed by atoms with Crippen LogP contribution in [-0.2, 0) is 4.79 Å². The van der Waals surface area contributed by atoms with Gasteiger partial charge in [0.2, 0.25) is 5.60 Å². The van der Waals surface area contributed by atoms with E-state index in [1.807, 2.05) is 0 Å². The molecule has 5 heteroatoms. The first-order valence-electron chi connectivity index (χ1n) is 6.75. The standard InChI is InChI=1S/C15H20O5/c1-18-11-8-12(19-2)10-13(9-11)20-15(14(16)17)6-4-3-5-7-15/h8-10H,3-7H2,1-2H3,(H,16,17). The maximum absolute atomic E-state index is 11.6. The van der Waals surface area contributed by atoms with Crippen LogP contribution in [0.15, 0.2) is 18.2 Å². The summed E-state index contributed by atoms with van der Waals surface area (Å²) in [6, 6.07) is 5.09. The van der Waals surface area contributed by atoms with E-state index in [9.17, 15) is 9.90 Å². The normalized spacial score (nSPS) is 17.3. The SMILES string of the molecule is COc1cc(OC)cc(OC2(C(=O)O)CCCCC2)c1. The van der Waals surface area contributed by atoms with Gasteiger partial charge in [0.05, 0.1) is 14.2 Å². The number of methoxy groups -OCH3 is 2. The molecule has 0 atom stereocenters. The summed E-state index contributed by atoms with van der Waals surface area (Å²) < 4.78 is 16.2. The van der Waals surface area contributed by atoms with E-state index in [1.165, 1.54) is 0 Å². The molecule has 0 spiro atoms. The van der Waals surface area contributed by atoms with E-state index in [-0.39, 0.29) is 0 Å². The van der Waals surface area contributed by atoms with E-state index < -0.39 is 11.6 Å². The van der Waals surface area contributed by atoms with Gasteiger partial charge in [0.25, 0.3) is 0 Å². The fourth-order valence-corrected chi connectivity index (χ4v) is 2.55. The summed E-state index contributed by atoms with van der Waals surface area (Å²) in [6.07, 6.45) is 3.85. The molecular formula is C15H20O5. The first-order chi connectivity index (χ1) is 9.59. The van der Waals surface area contributed by atoms with Gasteiger partial charge in [-0.15, -0.1) is 0 Å². The number of carboxylic acid groups (broad SMARTS) is 1. The van der Waals surface area contributed by atoms with Crippen LogP contribution in [0.4, 0.5) is 0 Å². The Morgan fingerprint density at radius 3 is 1.95 bits per heavy atom. The zero-order valence-electron chi connectivity index (χ0n) is 11.8. The molecule has 0 aromatic heterocycles. The van der Waals surface area contributed by atoms with Crippen LogP contribution in [0.2, 0.25) is 0 Å². The van der Waals surface area contributed by atoms with Crippen molar-refractivity contribution in [1.82, 2.24) is 0 Å². The summed E-state index contributed by atoms with van der Waals surface area (Å²) in [4.78, 5) is 11.6. The lowest BCUT2D eigenvalue weighted by molar-refractivity contribution is -0.158. The second-order valence-electron chi connectivity index (χ2n) is 5.01. The van der Waals surface area contributed by atoms with Gasteiger partial charge in [-0.05, 0) is 25.7 Å².